The molecular weight excluding hydrogens is 540 g/mol. The van der Waals surface area contributed by atoms with Gasteiger partial charge in [-0.3, -0.25) is 14.4 Å². The number of amides is 1. The van der Waals surface area contributed by atoms with Crippen molar-refractivity contribution in [2.24, 2.45) is 0 Å². The fourth-order valence-electron chi connectivity index (χ4n) is 4.08. The molecule has 11 nitrogen and oxygen atoms in total. The van der Waals surface area contributed by atoms with Gasteiger partial charge < -0.3 is 25.0 Å². The number of benzene rings is 2. The smallest absolute Gasteiger partial charge is 0.330 e. The number of carboxylic acid groups (broad SMARTS) is 1. The Balaban J connectivity index is 1.49. The van der Waals surface area contributed by atoms with Crippen LogP contribution in [0.1, 0.15) is 38.7 Å². The third-order valence-electron chi connectivity index (χ3n) is 5.86. The zero-order chi connectivity index (χ0) is 28.8. The van der Waals surface area contributed by atoms with Crippen LogP contribution in [0, 0.1) is 0 Å². The highest BCUT2D eigenvalue weighted by molar-refractivity contribution is 7.99. The van der Waals surface area contributed by atoms with E-state index >= 15 is 0 Å². The molecule has 0 spiro atoms. The summed E-state index contributed by atoms with van der Waals surface area (Å²) in [5.41, 5.74) is 1.03. The molecule has 1 aliphatic carbocycles. The van der Waals surface area contributed by atoms with Crippen LogP contribution in [0.3, 0.4) is 0 Å². The molecule has 0 aliphatic heterocycles. The average molecular weight is 565 g/mol. The number of carboxylic acids is 1. The number of carbonyl (C=O) groups excluding carboxylic acids is 4. The first-order chi connectivity index (χ1) is 19.2. The lowest BCUT2D eigenvalue weighted by atomic mass is 9.97. The number of aromatic nitrogens is 1. The summed E-state index contributed by atoms with van der Waals surface area (Å²) in [5.74, 6) is -4.25. The fraction of sp³-hybridized carbons (Fsp3) is 0.214. The van der Waals surface area contributed by atoms with E-state index in [4.69, 9.17) is 14.6 Å². The Morgan fingerprint density at radius 3 is 2.58 bits per heavy atom. The number of anilines is 1. The molecule has 40 heavy (non-hydrogen) atoms. The lowest BCUT2D eigenvalue weighted by Gasteiger charge is -2.12. The summed E-state index contributed by atoms with van der Waals surface area (Å²) < 4.78 is 9.71. The van der Waals surface area contributed by atoms with Crippen LogP contribution in [-0.4, -0.2) is 70.2 Å². The molecule has 4 rings (SSSR count). The van der Waals surface area contributed by atoms with Crippen LogP contribution in [0.15, 0.2) is 60.0 Å². The minimum absolute atomic E-state index is 0.0924. The van der Waals surface area contributed by atoms with Crippen LogP contribution < -0.4 is 5.32 Å². The molecule has 0 saturated heterocycles. The highest BCUT2D eigenvalue weighted by atomic mass is 32.2. The van der Waals surface area contributed by atoms with E-state index in [0.717, 1.165) is 11.0 Å². The van der Waals surface area contributed by atoms with Gasteiger partial charge in [0.05, 0.1) is 12.1 Å². The van der Waals surface area contributed by atoms with Crippen LogP contribution in [0.25, 0.3) is 10.9 Å². The van der Waals surface area contributed by atoms with Gasteiger partial charge in [-0.1, -0.05) is 12.6 Å². The molecule has 0 radical (unpaired) electrons. The first-order valence-corrected chi connectivity index (χ1v) is 13.0. The molecule has 0 bridgehead atoms. The van der Waals surface area contributed by atoms with Gasteiger partial charge in [-0.25, -0.2) is 14.6 Å². The molecule has 3 aromatic rings. The number of Topliss-reactive ketones (excluding diaryl/α,β-unsaturated/α-hetero) is 2. The van der Waals surface area contributed by atoms with E-state index < -0.39 is 48.5 Å². The minimum atomic E-state index is -1.32. The SMILES string of the molecule is C=CC(=O)OCCCSc1ccc2c(c1)C(=O)C(c1nc3cc(NC(=O)COCC(=O)O)ccc3cc1O)C2=O. The number of pyridine rings is 1. The molecule has 3 N–H and O–H groups in total. The van der Waals surface area contributed by atoms with Gasteiger partial charge in [0.25, 0.3) is 0 Å². The number of ketones is 2. The van der Waals surface area contributed by atoms with Crippen LogP contribution in [0.4, 0.5) is 5.69 Å². The quantitative estimate of drug-likeness (QED) is 0.0969. The van der Waals surface area contributed by atoms with Gasteiger partial charge in [0, 0.05) is 38.9 Å². The van der Waals surface area contributed by atoms with E-state index in [9.17, 15) is 29.1 Å². The number of carbonyl (C=O) groups is 5. The summed E-state index contributed by atoms with van der Waals surface area (Å²) in [6.07, 6.45) is 1.68. The van der Waals surface area contributed by atoms with Crippen LogP contribution in [-0.2, 0) is 23.9 Å². The van der Waals surface area contributed by atoms with Crippen molar-refractivity contribution in [3.8, 4) is 5.75 Å². The number of nitrogens with one attached hydrogen (secondary N) is 1. The molecule has 1 amide bonds. The van der Waals surface area contributed by atoms with Gasteiger partial charge in [0.1, 0.15) is 30.6 Å². The van der Waals surface area contributed by atoms with Gasteiger partial charge >= 0.3 is 11.9 Å². The molecule has 1 atom stereocenters. The zero-order valence-electron chi connectivity index (χ0n) is 21.0. The zero-order valence-corrected chi connectivity index (χ0v) is 21.9. The monoisotopic (exact) mass is 564 g/mol. The standard InChI is InChI=1S/C28H24N2O9S/c1-2-24(35)39-8-3-9-40-17-6-7-18-19(12-17)28(37)25(27(18)36)26-21(31)10-15-4-5-16(11-20(15)30-26)29-22(32)13-38-14-23(33)34/h2,4-7,10-12,25,31H,1,3,8-9,13-14H2,(H,29,32)(H,33,34). The number of rotatable bonds is 12. The van der Waals surface area contributed by atoms with E-state index in [2.05, 4.69) is 16.9 Å². The van der Waals surface area contributed by atoms with Crippen LogP contribution in [0.5, 0.6) is 5.75 Å². The average Bonchev–Trinajstić information content (AvgIpc) is 3.16. The summed E-state index contributed by atoms with van der Waals surface area (Å²) in [6, 6.07) is 11.0. The van der Waals surface area contributed by atoms with Crippen molar-refractivity contribution < 1.29 is 43.7 Å². The van der Waals surface area contributed by atoms with Crippen LogP contribution in [0.2, 0.25) is 0 Å². The summed E-state index contributed by atoms with van der Waals surface area (Å²) in [4.78, 5) is 65.4. The van der Waals surface area contributed by atoms with Crippen molar-refractivity contribution in [1.82, 2.24) is 4.98 Å². The number of fused-ring (bicyclic) bond motifs is 2. The third kappa shape index (κ3) is 6.53. The van der Waals surface area contributed by atoms with Crippen molar-refractivity contribution in [3.05, 3.63) is 71.9 Å². The van der Waals surface area contributed by atoms with Gasteiger partial charge in [-0.2, -0.15) is 0 Å². The van der Waals surface area contributed by atoms with Gasteiger partial charge in [-0.05, 0) is 42.8 Å². The van der Waals surface area contributed by atoms with E-state index in [0.29, 0.717) is 28.8 Å². The van der Waals surface area contributed by atoms with Gasteiger partial charge in [0.2, 0.25) is 5.91 Å². The maximum atomic E-state index is 13.3. The summed E-state index contributed by atoms with van der Waals surface area (Å²) in [7, 11) is 0. The molecule has 2 aromatic carbocycles. The molecular formula is C28H24N2O9S. The Kier molecular flexibility index (Phi) is 8.92. The number of esters is 1. The predicted octanol–water partition coefficient (Wildman–Crippen LogP) is 3.35. The second-order valence-electron chi connectivity index (χ2n) is 8.68. The van der Waals surface area contributed by atoms with Crippen LogP contribution >= 0.6 is 11.8 Å². The second-order valence-corrected chi connectivity index (χ2v) is 9.85. The summed E-state index contributed by atoms with van der Waals surface area (Å²) in [6.45, 7) is 2.49. The maximum absolute atomic E-state index is 13.3. The number of ether oxygens (including phenoxy) is 2. The van der Waals surface area contributed by atoms with Crippen molar-refractivity contribution in [3.63, 3.8) is 0 Å². The first-order valence-electron chi connectivity index (χ1n) is 12.1. The highest BCUT2D eigenvalue weighted by Crippen LogP contribution is 2.39. The Hall–Kier alpha value is -4.55. The molecule has 206 valence electrons. The lowest BCUT2D eigenvalue weighted by molar-refractivity contribution is -0.143. The topological polar surface area (TPSA) is 169 Å². The Labute approximate surface area is 232 Å². The van der Waals surface area contributed by atoms with E-state index in [1.807, 2.05) is 0 Å². The largest absolute Gasteiger partial charge is 0.506 e. The molecule has 1 unspecified atom stereocenters. The Morgan fingerprint density at radius 1 is 1.05 bits per heavy atom. The maximum Gasteiger partial charge on any atom is 0.330 e. The molecule has 1 aromatic heterocycles. The first kappa shape index (κ1) is 28.5. The molecule has 1 heterocycles. The third-order valence-corrected chi connectivity index (χ3v) is 6.94. The van der Waals surface area contributed by atoms with E-state index in [1.54, 1.807) is 30.3 Å². The van der Waals surface area contributed by atoms with Crippen molar-refractivity contribution in [2.75, 3.05) is 30.9 Å². The summed E-state index contributed by atoms with van der Waals surface area (Å²) in [5, 5.41) is 22.3. The van der Waals surface area contributed by atoms with Crippen molar-refractivity contribution >= 4 is 57.8 Å². The number of aromatic hydroxyl groups is 1. The highest BCUT2D eigenvalue weighted by Gasteiger charge is 2.42. The number of hydrogen-bond donors (Lipinski definition) is 3. The molecule has 1 aliphatic rings. The molecule has 12 heteroatoms. The molecule has 0 fully saturated rings. The lowest BCUT2D eigenvalue weighted by Crippen LogP contribution is -2.20. The number of aliphatic carboxylic acids is 1. The van der Waals surface area contributed by atoms with E-state index in [-0.39, 0.29) is 29.2 Å². The van der Waals surface area contributed by atoms with Crippen molar-refractivity contribution in [1.29, 1.82) is 0 Å². The normalized spacial score (nSPS) is 14.2. The van der Waals surface area contributed by atoms with Crippen molar-refractivity contribution in [2.45, 2.75) is 17.2 Å². The molecule has 0 saturated carbocycles. The van der Waals surface area contributed by atoms with Gasteiger partial charge in [-0.15, -0.1) is 11.8 Å². The summed E-state index contributed by atoms with van der Waals surface area (Å²) >= 11 is 1.45. The second kappa shape index (κ2) is 12.5. The Bertz CT molecular complexity index is 1540. The Morgan fingerprint density at radius 2 is 1.82 bits per heavy atom. The predicted molar refractivity (Wildman–Crippen MR) is 145 cm³/mol. The minimum Gasteiger partial charge on any atom is -0.506 e. The van der Waals surface area contributed by atoms with Gasteiger partial charge in [0.15, 0.2) is 11.6 Å². The fourth-order valence-corrected chi connectivity index (χ4v) is 4.94. The van der Waals surface area contributed by atoms with E-state index in [1.165, 1.54) is 23.9 Å². The number of thioether (sulfide) groups is 1. The number of nitrogens with zero attached hydrogens (tertiary/aromatic N) is 1. The number of hydrogen-bond acceptors (Lipinski definition) is 10.